The van der Waals surface area contributed by atoms with Crippen LogP contribution in [0.15, 0.2) is 72.8 Å². The first-order chi connectivity index (χ1) is 31.3. The molecule has 16 heteroatoms. The van der Waals surface area contributed by atoms with Crippen LogP contribution in [0.25, 0.3) is 12.2 Å². The summed E-state index contributed by atoms with van der Waals surface area (Å²) < 4.78 is 25.1. The van der Waals surface area contributed by atoms with Crippen molar-refractivity contribution >= 4 is 29.7 Å². The van der Waals surface area contributed by atoms with Gasteiger partial charge in [0.1, 0.15) is 31.0 Å². The molecule has 0 amide bonds. The van der Waals surface area contributed by atoms with E-state index in [1.54, 1.807) is 6.07 Å². The minimum Gasteiger partial charge on any atom is -0.504 e. The number of carboxylic acids is 1. The van der Waals surface area contributed by atoms with E-state index in [1.807, 2.05) is 30.3 Å². The predicted molar refractivity (Wildman–Crippen MR) is 239 cm³/mol. The van der Waals surface area contributed by atoms with E-state index in [2.05, 4.69) is 5.32 Å². The van der Waals surface area contributed by atoms with Gasteiger partial charge in [-0.2, -0.15) is 0 Å². The third-order valence-corrected chi connectivity index (χ3v) is 12.7. The number of nitrogens with one attached hydrogen (secondary N) is 1. The fourth-order valence-electron chi connectivity index (χ4n) is 9.29. The summed E-state index contributed by atoms with van der Waals surface area (Å²) in [5.41, 5.74) is 3.26. The highest BCUT2D eigenvalue weighted by Crippen LogP contribution is 2.47. The van der Waals surface area contributed by atoms with Crippen LogP contribution in [0.5, 0.6) is 23.0 Å². The molecule has 3 fully saturated rings. The molecule has 352 valence electrons. The van der Waals surface area contributed by atoms with Gasteiger partial charge in [0.2, 0.25) is 0 Å². The van der Waals surface area contributed by atoms with Gasteiger partial charge in [-0.3, -0.25) is 9.59 Å². The highest BCUT2D eigenvalue weighted by atomic mass is 16.6. The smallest absolute Gasteiger partial charge is 0.336 e. The Morgan fingerprint density at radius 3 is 2.38 bits per heavy atom. The van der Waals surface area contributed by atoms with E-state index in [9.17, 15) is 50.1 Å². The molecule has 6 rings (SSSR count). The number of benzene rings is 3. The molecule has 7 unspecified atom stereocenters. The number of aliphatic carboxylic acids is 1. The first-order valence-corrected chi connectivity index (χ1v) is 22.3. The van der Waals surface area contributed by atoms with E-state index in [0.29, 0.717) is 18.4 Å². The van der Waals surface area contributed by atoms with Crippen molar-refractivity contribution in [1.82, 2.24) is 5.32 Å². The van der Waals surface area contributed by atoms with Crippen molar-refractivity contribution in [3.05, 3.63) is 95.1 Å². The number of phenols is 3. The number of carbonyl (C=O) groups is 3. The number of aryl methyl sites for hydroxylation is 1. The lowest BCUT2D eigenvalue weighted by Gasteiger charge is -2.56. The maximum Gasteiger partial charge on any atom is 0.336 e. The highest BCUT2D eigenvalue weighted by molar-refractivity contribution is 5.97. The van der Waals surface area contributed by atoms with Gasteiger partial charge >= 0.3 is 5.97 Å². The van der Waals surface area contributed by atoms with Gasteiger partial charge in [0.15, 0.2) is 40.2 Å². The van der Waals surface area contributed by atoms with E-state index in [4.69, 9.17) is 24.7 Å². The highest BCUT2D eigenvalue weighted by Gasteiger charge is 2.64. The third-order valence-electron chi connectivity index (χ3n) is 12.7. The number of hydrogen-bond acceptors (Lipinski definition) is 15. The molecular weight excluding hydrogens is 841 g/mol. The molecule has 2 saturated carbocycles. The van der Waals surface area contributed by atoms with Crippen LogP contribution in [0, 0.1) is 5.92 Å². The van der Waals surface area contributed by atoms with E-state index in [-0.39, 0.29) is 60.8 Å². The zero-order chi connectivity index (χ0) is 46.6. The van der Waals surface area contributed by atoms with Crippen molar-refractivity contribution in [3.63, 3.8) is 0 Å². The Morgan fingerprint density at radius 2 is 1.69 bits per heavy atom. The van der Waals surface area contributed by atoms with Crippen LogP contribution in [0.3, 0.4) is 0 Å². The number of hydrogen-bond donors (Lipinski definition) is 9. The number of nitrogens with two attached hydrogens (primary N) is 1. The molecule has 0 radical (unpaired) electrons. The number of carbonyl (C=O) groups excluding carboxylic acids is 2. The maximum atomic E-state index is 14.6. The lowest BCUT2D eigenvalue weighted by Crippen LogP contribution is -2.74. The molecule has 3 aromatic rings. The van der Waals surface area contributed by atoms with Gasteiger partial charge in [0, 0.05) is 25.4 Å². The van der Waals surface area contributed by atoms with Crippen molar-refractivity contribution in [2.24, 2.45) is 11.7 Å². The van der Waals surface area contributed by atoms with Crippen LogP contribution in [0.2, 0.25) is 0 Å². The molecule has 3 aromatic carbocycles. The Kier molecular flexibility index (Phi) is 17.3. The SMILES string of the molecule is NCCOc1ccc(C=CC(=O)COC2(C(=O)O)CC(O)C3OCC(CCc4ccccc4)CC(C(=O)C=Cc4cc(O)c(O)cc4CO)OC3(C(CO)NC3CCCCC3)C2)cc1O. The first kappa shape index (κ1) is 49.3. The predicted octanol–water partition coefficient (Wildman–Crippen LogP) is 3.94. The molecule has 0 bridgehead atoms. The molecule has 1 heterocycles. The fraction of sp³-hybridized carbons (Fsp3) is 0.490. The molecule has 1 saturated heterocycles. The fourth-order valence-corrected chi connectivity index (χ4v) is 9.29. The normalized spacial score (nSPS) is 25.7. The minimum atomic E-state index is -2.28. The molecule has 65 heavy (non-hydrogen) atoms. The van der Waals surface area contributed by atoms with E-state index in [1.165, 1.54) is 48.6 Å². The average molecular weight is 903 g/mol. The Labute approximate surface area is 378 Å². The molecule has 0 spiro atoms. The minimum absolute atomic E-state index is 0.0507. The van der Waals surface area contributed by atoms with Crippen LogP contribution >= 0.6 is 0 Å². The number of aliphatic hydroxyl groups is 3. The molecule has 7 atom stereocenters. The second-order valence-electron chi connectivity index (χ2n) is 17.3. The van der Waals surface area contributed by atoms with Gasteiger partial charge in [-0.1, -0.05) is 67.8 Å². The average Bonchev–Trinajstić information content (AvgIpc) is 3.30. The summed E-state index contributed by atoms with van der Waals surface area (Å²) in [6.45, 7) is -1.36. The Hall–Kier alpha value is -5.17. The third kappa shape index (κ3) is 12.4. The number of fused-ring (bicyclic) bond motifs is 1. The molecular formula is C49H62N2O14. The zero-order valence-corrected chi connectivity index (χ0v) is 36.4. The molecule has 16 nitrogen and oxygen atoms in total. The second-order valence-corrected chi connectivity index (χ2v) is 17.3. The van der Waals surface area contributed by atoms with Gasteiger partial charge in [0.25, 0.3) is 0 Å². The lowest BCUT2D eigenvalue weighted by molar-refractivity contribution is -0.281. The first-order valence-electron chi connectivity index (χ1n) is 22.3. The van der Waals surface area contributed by atoms with Crippen molar-refractivity contribution in [2.45, 2.75) is 112 Å². The summed E-state index contributed by atoms with van der Waals surface area (Å²) in [6.07, 6.45) is 5.61. The van der Waals surface area contributed by atoms with Gasteiger partial charge in [-0.15, -0.1) is 0 Å². The van der Waals surface area contributed by atoms with E-state index < -0.39 is 97.3 Å². The lowest BCUT2D eigenvalue weighted by atomic mass is 9.67. The topological polar surface area (TPSA) is 268 Å². The van der Waals surface area contributed by atoms with E-state index >= 15 is 0 Å². The van der Waals surface area contributed by atoms with E-state index in [0.717, 1.165) is 37.7 Å². The largest absolute Gasteiger partial charge is 0.504 e. The van der Waals surface area contributed by atoms with Gasteiger partial charge < -0.3 is 65.7 Å². The Balaban J connectivity index is 1.36. The second kappa shape index (κ2) is 22.8. The molecule has 3 aliphatic rings. The standard InChI is InChI=1S/C49H62N2O14/c50-19-20-62-43-18-14-32(21-41(43)58)13-16-37(54)29-64-48(47(60)61)25-42(59)46-49(30-48,45(27-53)51-36-9-5-2-6-10-36)65-44(22-33(28-63-46)12-11-31-7-3-1-4-8-31)38(55)17-15-34-23-39(56)40(57)24-35(34)26-52/h1,3-4,7-8,13-18,21,23-24,33,36,42,44-46,51-53,56-59H,2,5-6,9-12,19-20,22,25-30,50H2,(H,60,61). The summed E-state index contributed by atoms with van der Waals surface area (Å²) in [5.74, 6) is -3.86. The number of ketones is 2. The number of aromatic hydroxyl groups is 3. The van der Waals surface area contributed by atoms with Gasteiger partial charge in [-0.25, -0.2) is 4.79 Å². The number of carboxylic acid groups (broad SMARTS) is 1. The summed E-state index contributed by atoms with van der Waals surface area (Å²) in [5, 5.41) is 78.6. The number of aliphatic hydroxyl groups excluding tert-OH is 3. The quantitative estimate of drug-likeness (QED) is 0.0574. The number of rotatable bonds is 20. The Bertz CT molecular complexity index is 2140. The molecule has 10 N–H and O–H groups in total. The Morgan fingerprint density at radius 1 is 0.938 bits per heavy atom. The summed E-state index contributed by atoms with van der Waals surface area (Å²) in [6, 6.07) is 15.4. The van der Waals surface area contributed by atoms with Crippen LogP contribution in [0.1, 0.15) is 80.0 Å². The van der Waals surface area contributed by atoms with Gasteiger partial charge in [0.05, 0.1) is 32.0 Å². The van der Waals surface area contributed by atoms with Crippen molar-refractivity contribution in [2.75, 3.05) is 33.0 Å². The van der Waals surface area contributed by atoms with Gasteiger partial charge in [-0.05, 0) is 96.7 Å². The van der Waals surface area contributed by atoms with Crippen molar-refractivity contribution in [3.8, 4) is 23.0 Å². The van der Waals surface area contributed by atoms with Crippen LogP contribution < -0.4 is 15.8 Å². The summed E-state index contributed by atoms with van der Waals surface area (Å²) in [4.78, 5) is 41.5. The number of ether oxygens (including phenoxy) is 4. The van der Waals surface area contributed by atoms with Crippen LogP contribution in [-0.4, -0.2) is 128 Å². The molecule has 1 aliphatic heterocycles. The van der Waals surface area contributed by atoms with Crippen molar-refractivity contribution < 1.29 is 69.1 Å². The monoisotopic (exact) mass is 902 g/mol. The van der Waals surface area contributed by atoms with Crippen LogP contribution in [0.4, 0.5) is 0 Å². The summed E-state index contributed by atoms with van der Waals surface area (Å²) in [7, 11) is 0. The maximum absolute atomic E-state index is 14.6. The molecule has 2 aliphatic carbocycles. The number of phenolic OH excluding ortho intramolecular Hbond substituents is 3. The zero-order valence-electron chi connectivity index (χ0n) is 36.4. The molecule has 0 aromatic heterocycles. The van der Waals surface area contributed by atoms with Crippen LogP contribution in [-0.2, 0) is 41.6 Å². The summed E-state index contributed by atoms with van der Waals surface area (Å²) >= 11 is 0. The van der Waals surface area contributed by atoms with Crippen molar-refractivity contribution in [1.29, 1.82) is 0 Å².